The largest absolute Gasteiger partial charge is 0.293 e. The first kappa shape index (κ1) is 15.2. The zero-order valence-corrected chi connectivity index (χ0v) is 16.7. The Bertz CT molecular complexity index is 1500. The highest BCUT2D eigenvalue weighted by atomic mass is 28.3. The zero-order chi connectivity index (χ0) is 18.3. The average Bonchev–Trinajstić information content (AvgIpc) is 3.04. The van der Waals surface area contributed by atoms with Crippen LogP contribution in [0.2, 0.25) is 19.6 Å². The zero-order valence-electron chi connectivity index (χ0n) is 15.7. The number of nitrogens with zero attached hydrogens (tertiary/aromatic N) is 2. The SMILES string of the molecule is C[Si](C)(C)c1ccc2c3cc4ccccc4cc3c3nccc4cc1c2n43. The van der Waals surface area contributed by atoms with Crippen LogP contribution in [0, 0.1) is 0 Å². The summed E-state index contributed by atoms with van der Waals surface area (Å²) in [6.07, 6.45) is 1.95. The van der Waals surface area contributed by atoms with Gasteiger partial charge in [0.2, 0.25) is 0 Å². The van der Waals surface area contributed by atoms with Crippen molar-refractivity contribution >= 4 is 62.3 Å². The number of hydrogen-bond donors (Lipinski definition) is 0. The first-order valence-electron chi connectivity index (χ1n) is 9.49. The van der Waals surface area contributed by atoms with Gasteiger partial charge in [0.25, 0.3) is 0 Å². The van der Waals surface area contributed by atoms with Gasteiger partial charge < -0.3 is 0 Å². The highest BCUT2D eigenvalue weighted by Gasteiger charge is 2.23. The van der Waals surface area contributed by atoms with Gasteiger partial charge in [0.05, 0.1) is 13.6 Å². The van der Waals surface area contributed by atoms with Crippen molar-refractivity contribution in [1.82, 2.24) is 9.38 Å². The third kappa shape index (κ3) is 1.92. The quantitative estimate of drug-likeness (QED) is 0.201. The van der Waals surface area contributed by atoms with E-state index in [-0.39, 0.29) is 0 Å². The van der Waals surface area contributed by atoms with Crippen LogP contribution in [0.15, 0.2) is 66.9 Å². The van der Waals surface area contributed by atoms with E-state index >= 15 is 0 Å². The van der Waals surface area contributed by atoms with Crippen LogP contribution in [0.3, 0.4) is 0 Å². The molecule has 6 rings (SSSR count). The predicted molar refractivity (Wildman–Crippen MR) is 119 cm³/mol. The van der Waals surface area contributed by atoms with Crippen LogP contribution < -0.4 is 5.19 Å². The summed E-state index contributed by atoms with van der Waals surface area (Å²) in [6, 6.07) is 22.5. The lowest BCUT2D eigenvalue weighted by atomic mass is 10.0. The lowest BCUT2D eigenvalue weighted by molar-refractivity contribution is 1.23. The molecule has 0 unspecified atom stereocenters. The fourth-order valence-corrected chi connectivity index (χ4v) is 6.22. The van der Waals surface area contributed by atoms with Gasteiger partial charge in [-0.15, -0.1) is 0 Å². The molecule has 130 valence electrons. The van der Waals surface area contributed by atoms with E-state index in [1.165, 1.54) is 48.5 Å². The second-order valence-corrected chi connectivity index (χ2v) is 13.6. The second-order valence-electron chi connectivity index (χ2n) is 8.59. The summed E-state index contributed by atoms with van der Waals surface area (Å²) in [5.74, 6) is 0. The Balaban J connectivity index is 1.96. The van der Waals surface area contributed by atoms with Crippen molar-refractivity contribution in [3.63, 3.8) is 0 Å². The van der Waals surface area contributed by atoms with Crippen LogP contribution in [0.4, 0.5) is 0 Å². The van der Waals surface area contributed by atoms with Crippen molar-refractivity contribution in [2.24, 2.45) is 0 Å². The molecule has 27 heavy (non-hydrogen) atoms. The maximum atomic E-state index is 4.81. The fraction of sp³-hybridized carbons (Fsp3) is 0.125. The molecule has 3 aromatic heterocycles. The van der Waals surface area contributed by atoms with E-state index in [1.807, 2.05) is 6.20 Å². The molecule has 2 nitrogen and oxygen atoms in total. The summed E-state index contributed by atoms with van der Waals surface area (Å²) in [4.78, 5) is 4.81. The summed E-state index contributed by atoms with van der Waals surface area (Å²) >= 11 is 0. The molecular weight excluding hydrogens is 344 g/mol. The molecular formula is C24H20N2Si. The van der Waals surface area contributed by atoms with Crippen molar-refractivity contribution in [1.29, 1.82) is 0 Å². The van der Waals surface area contributed by atoms with Crippen LogP contribution in [0.5, 0.6) is 0 Å². The van der Waals surface area contributed by atoms with E-state index in [0.717, 1.165) is 5.65 Å². The van der Waals surface area contributed by atoms with Gasteiger partial charge >= 0.3 is 0 Å². The summed E-state index contributed by atoms with van der Waals surface area (Å²) in [5, 5.41) is 9.33. The molecule has 0 spiro atoms. The van der Waals surface area contributed by atoms with E-state index in [2.05, 4.69) is 84.7 Å². The minimum atomic E-state index is -1.45. The summed E-state index contributed by atoms with van der Waals surface area (Å²) < 4.78 is 2.37. The Morgan fingerprint density at radius 3 is 2.22 bits per heavy atom. The molecule has 0 aliphatic heterocycles. The molecule has 0 amide bonds. The first-order chi connectivity index (χ1) is 13.0. The molecule has 3 aromatic carbocycles. The van der Waals surface area contributed by atoms with Crippen molar-refractivity contribution in [2.45, 2.75) is 19.6 Å². The highest BCUT2D eigenvalue weighted by Crippen LogP contribution is 2.36. The van der Waals surface area contributed by atoms with Gasteiger partial charge in [-0.2, -0.15) is 0 Å². The smallest absolute Gasteiger partial charge is 0.145 e. The number of fused-ring (bicyclic) bond motifs is 4. The van der Waals surface area contributed by atoms with Crippen LogP contribution in [0.25, 0.3) is 49.0 Å². The van der Waals surface area contributed by atoms with Crippen LogP contribution in [-0.2, 0) is 0 Å². The molecule has 0 fully saturated rings. The Kier molecular flexibility index (Phi) is 2.74. The third-order valence-corrected chi connectivity index (χ3v) is 7.92. The first-order valence-corrected chi connectivity index (χ1v) is 13.0. The molecule has 3 heterocycles. The van der Waals surface area contributed by atoms with E-state index in [9.17, 15) is 0 Å². The minimum absolute atomic E-state index is 1.06. The van der Waals surface area contributed by atoms with Gasteiger partial charge in [-0.05, 0) is 40.4 Å². The maximum absolute atomic E-state index is 4.81. The molecule has 0 saturated heterocycles. The lowest BCUT2D eigenvalue weighted by Crippen LogP contribution is -2.37. The molecule has 0 radical (unpaired) electrons. The van der Waals surface area contributed by atoms with Crippen molar-refractivity contribution in [3.8, 4) is 0 Å². The second kappa shape index (κ2) is 4.87. The Hall–Kier alpha value is -2.91. The van der Waals surface area contributed by atoms with Gasteiger partial charge in [-0.25, -0.2) is 4.98 Å². The molecule has 0 aliphatic rings. The van der Waals surface area contributed by atoms with Gasteiger partial charge in [0, 0.05) is 27.9 Å². The molecule has 0 aliphatic carbocycles. The van der Waals surface area contributed by atoms with E-state index in [4.69, 9.17) is 4.98 Å². The standard InChI is InChI=1S/C24H20N2Si/c1-27(2,3)22-9-8-18-19-12-15-6-4-5-7-16(15)13-20(19)24-25-11-10-17-14-21(22)23(18)26(17)24/h4-14H,1-3H3. The van der Waals surface area contributed by atoms with Crippen LogP contribution in [0.1, 0.15) is 0 Å². The summed E-state index contributed by atoms with van der Waals surface area (Å²) in [6.45, 7) is 7.28. The Labute approximate surface area is 158 Å². The lowest BCUT2D eigenvalue weighted by Gasteiger charge is -2.19. The van der Waals surface area contributed by atoms with Gasteiger partial charge in [-0.1, -0.05) is 61.2 Å². The highest BCUT2D eigenvalue weighted by molar-refractivity contribution is 6.90. The molecule has 3 heteroatoms. The van der Waals surface area contributed by atoms with Crippen molar-refractivity contribution in [2.75, 3.05) is 0 Å². The van der Waals surface area contributed by atoms with Crippen molar-refractivity contribution in [3.05, 3.63) is 66.9 Å². The Morgan fingerprint density at radius 1 is 0.741 bits per heavy atom. The number of rotatable bonds is 1. The third-order valence-electron chi connectivity index (χ3n) is 5.87. The average molecular weight is 365 g/mol. The Morgan fingerprint density at radius 2 is 1.48 bits per heavy atom. The summed E-state index contributed by atoms with van der Waals surface area (Å²) in [5.41, 5.74) is 3.63. The van der Waals surface area contributed by atoms with Gasteiger partial charge in [0.15, 0.2) is 0 Å². The normalized spacial score (nSPS) is 13.0. The van der Waals surface area contributed by atoms with Gasteiger partial charge in [0.1, 0.15) is 5.65 Å². The van der Waals surface area contributed by atoms with Crippen molar-refractivity contribution < 1.29 is 0 Å². The van der Waals surface area contributed by atoms with E-state index in [1.54, 1.807) is 0 Å². The number of pyridine rings is 1. The summed E-state index contributed by atoms with van der Waals surface area (Å²) in [7, 11) is -1.45. The van der Waals surface area contributed by atoms with Crippen LogP contribution in [-0.4, -0.2) is 17.5 Å². The van der Waals surface area contributed by atoms with Crippen LogP contribution >= 0.6 is 0 Å². The predicted octanol–water partition coefficient (Wildman–Crippen LogP) is 5.93. The fourth-order valence-electron chi connectivity index (χ4n) is 4.64. The monoisotopic (exact) mass is 364 g/mol. The molecule has 0 bridgehead atoms. The molecule has 0 atom stereocenters. The molecule has 6 aromatic rings. The van der Waals surface area contributed by atoms with E-state index in [0.29, 0.717) is 0 Å². The topological polar surface area (TPSA) is 17.3 Å². The minimum Gasteiger partial charge on any atom is -0.293 e. The number of aromatic nitrogens is 2. The van der Waals surface area contributed by atoms with Gasteiger partial charge in [-0.3, -0.25) is 4.40 Å². The molecule has 0 N–H and O–H groups in total. The van der Waals surface area contributed by atoms with E-state index < -0.39 is 8.07 Å². The number of hydrogen-bond acceptors (Lipinski definition) is 1. The maximum Gasteiger partial charge on any atom is 0.145 e. The number of benzene rings is 3. The molecule has 0 saturated carbocycles.